The van der Waals surface area contributed by atoms with Gasteiger partial charge in [0.25, 0.3) is 0 Å². The molecule has 1 aliphatic heterocycles. The summed E-state index contributed by atoms with van der Waals surface area (Å²) in [6.45, 7) is 1.87. The van der Waals surface area contributed by atoms with E-state index in [1.165, 1.54) is 18.4 Å². The number of esters is 1. The van der Waals surface area contributed by atoms with Crippen molar-refractivity contribution in [3.8, 4) is 11.5 Å². The molecule has 2 aliphatic rings. The van der Waals surface area contributed by atoms with Gasteiger partial charge in [-0.3, -0.25) is 9.69 Å². The molecule has 0 aromatic heterocycles. The van der Waals surface area contributed by atoms with Crippen LogP contribution in [0.3, 0.4) is 0 Å². The lowest BCUT2D eigenvalue weighted by Crippen LogP contribution is -2.47. The smallest absolute Gasteiger partial charge is 0.320 e. The maximum Gasteiger partial charge on any atom is 0.320 e. The van der Waals surface area contributed by atoms with Crippen LogP contribution in [0.25, 0.3) is 0 Å². The van der Waals surface area contributed by atoms with E-state index in [2.05, 4.69) is 11.4 Å². The Balaban J connectivity index is 1.56. The van der Waals surface area contributed by atoms with Gasteiger partial charge in [0.1, 0.15) is 6.10 Å². The van der Waals surface area contributed by atoms with E-state index >= 15 is 0 Å². The van der Waals surface area contributed by atoms with Gasteiger partial charge in [-0.2, -0.15) is 0 Å². The van der Waals surface area contributed by atoms with E-state index in [9.17, 15) is 4.79 Å². The van der Waals surface area contributed by atoms with Crippen molar-refractivity contribution in [2.45, 2.75) is 56.8 Å². The minimum Gasteiger partial charge on any atom is -0.493 e. The molecule has 2 fully saturated rings. The summed E-state index contributed by atoms with van der Waals surface area (Å²) < 4.78 is 23.0. The maximum atomic E-state index is 12.2. The molecule has 7 heteroatoms. The lowest BCUT2D eigenvalue weighted by atomic mass is 9.80. The Hall–Kier alpha value is -1.83. The highest BCUT2D eigenvalue weighted by molar-refractivity contribution is 5.71. The van der Waals surface area contributed by atoms with Gasteiger partial charge < -0.3 is 24.3 Å². The fraction of sp³-hybridized carbons (Fsp3) is 0.708. The van der Waals surface area contributed by atoms with E-state index in [1.807, 2.05) is 31.1 Å². The van der Waals surface area contributed by atoms with Gasteiger partial charge in [0.2, 0.25) is 0 Å². The molecule has 174 valence electrons. The van der Waals surface area contributed by atoms with Crippen LogP contribution in [0.15, 0.2) is 18.2 Å². The van der Waals surface area contributed by atoms with Gasteiger partial charge in [0.05, 0.1) is 33.5 Å². The second kappa shape index (κ2) is 11.7. The predicted molar refractivity (Wildman–Crippen MR) is 120 cm³/mol. The Morgan fingerprint density at radius 1 is 1.06 bits per heavy atom. The van der Waals surface area contributed by atoms with E-state index in [1.54, 1.807) is 14.2 Å². The predicted octanol–water partition coefficient (Wildman–Crippen LogP) is 2.66. The topological polar surface area (TPSA) is 69.3 Å². The lowest BCUT2D eigenvalue weighted by Gasteiger charge is -2.37. The number of nitrogens with one attached hydrogen (secondary N) is 1. The van der Waals surface area contributed by atoms with Gasteiger partial charge in [-0.05, 0) is 64.0 Å². The average molecular weight is 435 g/mol. The van der Waals surface area contributed by atoms with E-state index in [0.29, 0.717) is 19.1 Å². The molecule has 3 rings (SSSR count). The summed E-state index contributed by atoms with van der Waals surface area (Å²) >= 11 is 0. The molecule has 1 N–H and O–H groups in total. The number of carbonyl (C=O) groups excluding carboxylic acids is 1. The highest BCUT2D eigenvalue weighted by Crippen LogP contribution is 2.34. The molecular weight excluding hydrogens is 396 g/mol. The first-order valence-corrected chi connectivity index (χ1v) is 11.4. The average Bonchev–Trinajstić information content (AvgIpc) is 3.21. The molecule has 1 aliphatic carbocycles. The molecular formula is C24H38N2O5. The minimum atomic E-state index is -0.148. The molecule has 1 saturated carbocycles. The van der Waals surface area contributed by atoms with E-state index < -0.39 is 0 Å². The van der Waals surface area contributed by atoms with Crippen molar-refractivity contribution in [2.75, 3.05) is 48.0 Å². The fourth-order valence-electron chi connectivity index (χ4n) is 4.83. The number of hydrogen-bond acceptors (Lipinski definition) is 7. The van der Waals surface area contributed by atoms with Gasteiger partial charge in [-0.25, -0.2) is 0 Å². The number of rotatable bonds is 10. The highest BCUT2D eigenvalue weighted by atomic mass is 16.5. The SMILES string of the molecule is COc1ccc(CCO[C@@H]2CCCC[C@H]2C2NCC[C@H]2OC(=O)CN(C)C)cc1OC. The lowest BCUT2D eigenvalue weighted by molar-refractivity contribution is -0.152. The van der Waals surface area contributed by atoms with Crippen molar-refractivity contribution in [2.24, 2.45) is 5.92 Å². The molecule has 31 heavy (non-hydrogen) atoms. The van der Waals surface area contributed by atoms with Gasteiger partial charge in [-0.15, -0.1) is 0 Å². The van der Waals surface area contributed by atoms with Crippen LogP contribution in [-0.2, 0) is 20.7 Å². The van der Waals surface area contributed by atoms with Crippen LogP contribution in [-0.4, -0.2) is 77.1 Å². The summed E-state index contributed by atoms with van der Waals surface area (Å²) in [6.07, 6.45) is 6.40. The normalized spacial score (nSPS) is 26.1. The third kappa shape index (κ3) is 6.57. The van der Waals surface area contributed by atoms with Gasteiger partial charge >= 0.3 is 5.97 Å². The summed E-state index contributed by atoms with van der Waals surface area (Å²) in [6, 6.07) is 6.19. The van der Waals surface area contributed by atoms with Crippen molar-refractivity contribution in [3.05, 3.63) is 23.8 Å². The standard InChI is InChI=1S/C24H38N2O5/c1-26(2)16-23(27)31-21-11-13-25-24(21)18-7-5-6-8-19(18)30-14-12-17-9-10-20(28-3)22(15-17)29-4/h9-10,15,18-19,21,24-25H,5-8,11-14,16H2,1-4H3/t18-,19-,21-,24?/m1/s1. The van der Waals surface area contributed by atoms with Crippen LogP contribution in [0.1, 0.15) is 37.7 Å². The number of likely N-dealkylation sites (N-methyl/N-ethyl adjacent to an activating group) is 1. The molecule has 1 unspecified atom stereocenters. The Bertz CT molecular complexity index is 711. The second-order valence-corrected chi connectivity index (χ2v) is 8.83. The number of ether oxygens (including phenoxy) is 4. The Labute approximate surface area is 186 Å². The monoisotopic (exact) mass is 434 g/mol. The molecule has 0 radical (unpaired) electrons. The highest BCUT2D eigenvalue weighted by Gasteiger charge is 2.41. The largest absolute Gasteiger partial charge is 0.493 e. The molecule has 1 saturated heterocycles. The Morgan fingerprint density at radius 3 is 2.58 bits per heavy atom. The molecule has 0 amide bonds. The molecule has 1 aromatic rings. The van der Waals surface area contributed by atoms with Gasteiger partial charge in [-0.1, -0.05) is 18.9 Å². The molecule has 7 nitrogen and oxygen atoms in total. The minimum absolute atomic E-state index is 0.0625. The zero-order valence-electron chi connectivity index (χ0n) is 19.4. The summed E-state index contributed by atoms with van der Waals surface area (Å²) in [5.41, 5.74) is 1.17. The molecule has 1 aromatic carbocycles. The molecule has 0 spiro atoms. The number of benzene rings is 1. The first-order valence-electron chi connectivity index (χ1n) is 11.4. The van der Waals surface area contributed by atoms with Crippen molar-refractivity contribution in [1.82, 2.24) is 10.2 Å². The van der Waals surface area contributed by atoms with Gasteiger partial charge in [0, 0.05) is 12.0 Å². The van der Waals surface area contributed by atoms with Crippen LogP contribution in [0.2, 0.25) is 0 Å². The first kappa shape index (κ1) is 23.8. The summed E-state index contributed by atoms with van der Waals surface area (Å²) in [5.74, 6) is 1.71. The number of hydrogen-bond donors (Lipinski definition) is 1. The van der Waals surface area contributed by atoms with E-state index in [-0.39, 0.29) is 24.2 Å². The van der Waals surface area contributed by atoms with Crippen LogP contribution >= 0.6 is 0 Å². The van der Waals surface area contributed by atoms with Crippen LogP contribution in [0, 0.1) is 5.92 Å². The fourth-order valence-corrected chi connectivity index (χ4v) is 4.83. The number of nitrogens with zero attached hydrogens (tertiary/aromatic N) is 1. The Kier molecular flexibility index (Phi) is 8.99. The zero-order chi connectivity index (χ0) is 22.2. The van der Waals surface area contributed by atoms with Crippen molar-refractivity contribution in [1.29, 1.82) is 0 Å². The van der Waals surface area contributed by atoms with Crippen molar-refractivity contribution >= 4 is 5.97 Å². The summed E-state index contributed by atoms with van der Waals surface area (Å²) in [4.78, 5) is 14.1. The summed E-state index contributed by atoms with van der Waals surface area (Å²) in [7, 11) is 7.07. The van der Waals surface area contributed by atoms with Gasteiger partial charge in [0.15, 0.2) is 11.5 Å². The van der Waals surface area contributed by atoms with Crippen LogP contribution in [0.5, 0.6) is 11.5 Å². The van der Waals surface area contributed by atoms with Crippen LogP contribution < -0.4 is 14.8 Å². The van der Waals surface area contributed by atoms with Crippen molar-refractivity contribution in [3.63, 3.8) is 0 Å². The maximum absolute atomic E-state index is 12.2. The Morgan fingerprint density at radius 2 is 1.84 bits per heavy atom. The zero-order valence-corrected chi connectivity index (χ0v) is 19.4. The molecule has 1 heterocycles. The molecule has 0 bridgehead atoms. The third-order valence-corrected chi connectivity index (χ3v) is 6.32. The van der Waals surface area contributed by atoms with Crippen LogP contribution in [0.4, 0.5) is 0 Å². The number of carbonyl (C=O) groups is 1. The van der Waals surface area contributed by atoms with E-state index in [0.717, 1.165) is 43.7 Å². The first-order chi connectivity index (χ1) is 15.0. The quantitative estimate of drug-likeness (QED) is 0.568. The molecule has 4 atom stereocenters. The second-order valence-electron chi connectivity index (χ2n) is 8.83. The van der Waals surface area contributed by atoms with E-state index in [4.69, 9.17) is 18.9 Å². The third-order valence-electron chi connectivity index (χ3n) is 6.32. The van der Waals surface area contributed by atoms with Crippen molar-refractivity contribution < 1.29 is 23.7 Å². The summed E-state index contributed by atoms with van der Waals surface area (Å²) in [5, 5.41) is 3.60. The number of methoxy groups -OCH3 is 2.